The van der Waals surface area contributed by atoms with Crippen LogP contribution in [0.1, 0.15) is 5.89 Å². The SMILES string of the molecule is COc1cccc(Nc2nnc(SCc3nnc(-c4ccc(Cl)cc4)o3)s2)c1. The minimum absolute atomic E-state index is 0.463. The number of nitrogens with zero attached hydrogens (tertiary/aromatic N) is 4. The number of rotatable bonds is 7. The van der Waals surface area contributed by atoms with Crippen LogP contribution < -0.4 is 10.1 Å². The van der Waals surface area contributed by atoms with Crippen LogP contribution in [0.15, 0.2) is 57.3 Å². The highest BCUT2D eigenvalue weighted by Crippen LogP contribution is 2.31. The van der Waals surface area contributed by atoms with Gasteiger partial charge in [-0.15, -0.1) is 20.4 Å². The molecule has 0 aliphatic heterocycles. The summed E-state index contributed by atoms with van der Waals surface area (Å²) in [5.74, 6) is 2.27. The monoisotopic (exact) mass is 431 g/mol. The molecule has 1 N–H and O–H groups in total. The number of hydrogen-bond donors (Lipinski definition) is 1. The van der Waals surface area contributed by atoms with Gasteiger partial charge in [0.1, 0.15) is 5.75 Å². The van der Waals surface area contributed by atoms with Crippen molar-refractivity contribution in [2.45, 2.75) is 10.1 Å². The topological polar surface area (TPSA) is 86.0 Å². The summed E-state index contributed by atoms with van der Waals surface area (Å²) >= 11 is 8.83. The number of anilines is 2. The zero-order valence-corrected chi connectivity index (χ0v) is 17.0. The lowest BCUT2D eigenvalue weighted by Crippen LogP contribution is -1.90. The van der Waals surface area contributed by atoms with Crippen LogP contribution in [0, 0.1) is 0 Å². The Morgan fingerprint density at radius 2 is 1.96 bits per heavy atom. The van der Waals surface area contributed by atoms with E-state index in [0.717, 1.165) is 21.3 Å². The van der Waals surface area contributed by atoms with Crippen molar-refractivity contribution in [3.8, 4) is 17.2 Å². The third-order valence-corrected chi connectivity index (χ3v) is 5.81. The molecule has 0 aliphatic carbocycles. The number of aromatic nitrogens is 4. The molecule has 2 heterocycles. The van der Waals surface area contributed by atoms with Gasteiger partial charge in [0, 0.05) is 22.3 Å². The fraction of sp³-hybridized carbons (Fsp3) is 0.111. The number of methoxy groups -OCH3 is 1. The molecular weight excluding hydrogens is 418 g/mol. The summed E-state index contributed by atoms with van der Waals surface area (Å²) in [5.41, 5.74) is 1.71. The maximum atomic E-state index is 5.90. The van der Waals surface area contributed by atoms with Crippen molar-refractivity contribution in [3.05, 3.63) is 59.4 Å². The zero-order chi connectivity index (χ0) is 19.3. The van der Waals surface area contributed by atoms with Gasteiger partial charge in [0.25, 0.3) is 0 Å². The van der Waals surface area contributed by atoms with Crippen molar-refractivity contribution in [1.29, 1.82) is 0 Å². The summed E-state index contributed by atoms with van der Waals surface area (Å²) in [7, 11) is 1.63. The van der Waals surface area contributed by atoms with E-state index in [1.807, 2.05) is 36.4 Å². The van der Waals surface area contributed by atoms with Gasteiger partial charge in [-0.2, -0.15) is 0 Å². The molecule has 142 valence electrons. The molecule has 0 saturated carbocycles. The maximum absolute atomic E-state index is 5.90. The molecular formula is C18H14ClN5O2S2. The second kappa shape index (κ2) is 8.59. The Kier molecular flexibility index (Phi) is 5.75. The largest absolute Gasteiger partial charge is 0.497 e. The molecule has 0 radical (unpaired) electrons. The molecule has 0 atom stereocenters. The molecule has 0 saturated heterocycles. The fourth-order valence-electron chi connectivity index (χ4n) is 2.29. The van der Waals surface area contributed by atoms with Crippen LogP contribution in [0.3, 0.4) is 0 Å². The van der Waals surface area contributed by atoms with Gasteiger partial charge in [-0.25, -0.2) is 0 Å². The summed E-state index contributed by atoms with van der Waals surface area (Å²) in [6, 6.07) is 14.9. The summed E-state index contributed by atoms with van der Waals surface area (Å²) in [5, 5.41) is 21.1. The van der Waals surface area contributed by atoms with Gasteiger partial charge >= 0.3 is 0 Å². The highest BCUT2D eigenvalue weighted by molar-refractivity contribution is 8.00. The van der Waals surface area contributed by atoms with E-state index in [2.05, 4.69) is 25.7 Å². The average Bonchev–Trinajstić information content (AvgIpc) is 3.37. The molecule has 0 bridgehead atoms. The first-order valence-electron chi connectivity index (χ1n) is 8.15. The summed E-state index contributed by atoms with van der Waals surface area (Å²) in [6.07, 6.45) is 0. The minimum atomic E-state index is 0.463. The standard InChI is InChI=1S/C18H14ClN5O2S2/c1-25-14-4-2-3-13(9-14)20-17-23-24-18(28-17)27-10-15-21-22-16(26-15)11-5-7-12(19)8-6-11/h2-9H,10H2,1H3,(H,20,23). The molecule has 0 amide bonds. The predicted octanol–water partition coefficient (Wildman–Crippen LogP) is 5.29. The van der Waals surface area contributed by atoms with Gasteiger partial charge in [0.15, 0.2) is 4.34 Å². The Balaban J connectivity index is 1.36. The Bertz CT molecular complexity index is 1070. The van der Waals surface area contributed by atoms with E-state index in [4.69, 9.17) is 20.8 Å². The Labute approximate surface area is 174 Å². The Hall–Kier alpha value is -2.62. The third-order valence-electron chi connectivity index (χ3n) is 3.60. The highest BCUT2D eigenvalue weighted by atomic mass is 35.5. The number of thioether (sulfide) groups is 1. The van der Waals surface area contributed by atoms with Crippen molar-refractivity contribution < 1.29 is 9.15 Å². The van der Waals surface area contributed by atoms with Crippen molar-refractivity contribution >= 4 is 45.5 Å². The van der Waals surface area contributed by atoms with E-state index in [-0.39, 0.29) is 0 Å². The van der Waals surface area contributed by atoms with Crippen LogP contribution in [0.25, 0.3) is 11.5 Å². The number of benzene rings is 2. The number of nitrogens with one attached hydrogen (secondary N) is 1. The van der Waals surface area contributed by atoms with Gasteiger partial charge in [-0.05, 0) is 36.4 Å². The number of halogens is 1. The van der Waals surface area contributed by atoms with E-state index < -0.39 is 0 Å². The van der Waals surface area contributed by atoms with Crippen LogP contribution >= 0.6 is 34.7 Å². The van der Waals surface area contributed by atoms with Crippen LogP contribution in [0.5, 0.6) is 5.75 Å². The molecule has 4 rings (SSSR count). The van der Waals surface area contributed by atoms with Gasteiger partial charge in [-0.1, -0.05) is 40.8 Å². The molecule has 2 aromatic heterocycles. The lowest BCUT2D eigenvalue weighted by molar-refractivity contribution is 0.415. The van der Waals surface area contributed by atoms with Gasteiger partial charge in [0.05, 0.1) is 12.9 Å². The van der Waals surface area contributed by atoms with Gasteiger partial charge in [-0.3, -0.25) is 0 Å². The van der Waals surface area contributed by atoms with Crippen molar-refractivity contribution in [1.82, 2.24) is 20.4 Å². The third kappa shape index (κ3) is 4.61. The van der Waals surface area contributed by atoms with E-state index in [0.29, 0.717) is 27.7 Å². The molecule has 0 unspecified atom stereocenters. The lowest BCUT2D eigenvalue weighted by atomic mass is 10.2. The van der Waals surface area contributed by atoms with Gasteiger partial charge in [0.2, 0.25) is 16.9 Å². The predicted molar refractivity (Wildman–Crippen MR) is 110 cm³/mol. The summed E-state index contributed by atoms with van der Waals surface area (Å²) in [6.45, 7) is 0. The Morgan fingerprint density at radius 1 is 1.11 bits per heavy atom. The first-order chi connectivity index (χ1) is 13.7. The molecule has 2 aromatic carbocycles. The lowest BCUT2D eigenvalue weighted by Gasteiger charge is -2.04. The number of hydrogen-bond acceptors (Lipinski definition) is 9. The molecule has 7 nitrogen and oxygen atoms in total. The van der Waals surface area contributed by atoms with Crippen LogP contribution in [0.4, 0.5) is 10.8 Å². The van der Waals surface area contributed by atoms with E-state index >= 15 is 0 Å². The zero-order valence-electron chi connectivity index (χ0n) is 14.6. The molecule has 0 aliphatic rings. The number of ether oxygens (including phenoxy) is 1. The second-order valence-corrected chi connectivity index (χ2v) is 8.16. The van der Waals surface area contributed by atoms with E-state index in [1.165, 1.54) is 23.1 Å². The molecule has 0 spiro atoms. The average molecular weight is 432 g/mol. The van der Waals surface area contributed by atoms with Crippen LogP contribution in [-0.2, 0) is 5.75 Å². The highest BCUT2D eigenvalue weighted by Gasteiger charge is 2.11. The van der Waals surface area contributed by atoms with Crippen molar-refractivity contribution in [2.24, 2.45) is 0 Å². The maximum Gasteiger partial charge on any atom is 0.247 e. The second-order valence-electron chi connectivity index (χ2n) is 5.53. The quantitative estimate of drug-likeness (QED) is 0.395. The molecule has 28 heavy (non-hydrogen) atoms. The summed E-state index contributed by atoms with van der Waals surface area (Å²) < 4.78 is 11.7. The Morgan fingerprint density at radius 3 is 2.79 bits per heavy atom. The van der Waals surface area contributed by atoms with Crippen LogP contribution in [0.2, 0.25) is 5.02 Å². The molecule has 4 aromatic rings. The smallest absolute Gasteiger partial charge is 0.247 e. The first kappa shape index (κ1) is 18.7. The van der Waals surface area contributed by atoms with Gasteiger partial charge < -0.3 is 14.5 Å². The molecule has 0 fully saturated rings. The normalized spacial score (nSPS) is 10.8. The van der Waals surface area contributed by atoms with E-state index in [1.54, 1.807) is 19.2 Å². The minimum Gasteiger partial charge on any atom is -0.497 e. The fourth-order valence-corrected chi connectivity index (χ4v) is 4.02. The first-order valence-corrected chi connectivity index (χ1v) is 10.3. The van der Waals surface area contributed by atoms with Crippen LogP contribution in [-0.4, -0.2) is 27.5 Å². The molecule has 10 heteroatoms. The summed E-state index contributed by atoms with van der Waals surface area (Å²) in [4.78, 5) is 0. The van der Waals surface area contributed by atoms with Crippen molar-refractivity contribution in [2.75, 3.05) is 12.4 Å². The van der Waals surface area contributed by atoms with Crippen molar-refractivity contribution in [3.63, 3.8) is 0 Å². The van der Waals surface area contributed by atoms with E-state index in [9.17, 15) is 0 Å².